The minimum absolute atomic E-state index is 0.0124. The first-order valence-corrected chi connectivity index (χ1v) is 12.5. The van der Waals surface area contributed by atoms with Gasteiger partial charge in [-0.1, -0.05) is 6.42 Å². The van der Waals surface area contributed by atoms with Crippen LogP contribution in [0.1, 0.15) is 65.2 Å². The summed E-state index contributed by atoms with van der Waals surface area (Å²) in [7, 11) is 0. The molecule has 2 fully saturated rings. The molecular formula is C23H42N6O6. The molecule has 5 unspecified atom stereocenters. The highest BCUT2D eigenvalue weighted by Gasteiger charge is 2.36. The number of ether oxygens (including phenoxy) is 2. The van der Waals surface area contributed by atoms with Gasteiger partial charge in [-0.3, -0.25) is 19.4 Å². The van der Waals surface area contributed by atoms with Gasteiger partial charge in [-0.15, -0.1) is 0 Å². The average molecular weight is 499 g/mol. The molecule has 2 amide bonds. The molecule has 2 saturated carbocycles. The molecule has 2 aliphatic rings. The van der Waals surface area contributed by atoms with E-state index in [0.717, 1.165) is 19.3 Å². The van der Waals surface area contributed by atoms with Crippen molar-refractivity contribution in [2.75, 3.05) is 19.8 Å². The third-order valence-corrected chi connectivity index (χ3v) is 6.67. The number of amides is 2. The fourth-order valence-electron chi connectivity index (χ4n) is 5.19. The van der Waals surface area contributed by atoms with E-state index in [0.29, 0.717) is 38.9 Å². The normalized spacial score (nSPS) is 27.3. The zero-order valence-electron chi connectivity index (χ0n) is 20.9. The average Bonchev–Trinajstić information content (AvgIpc) is 2.82. The number of carbonyl (C=O) groups is 3. The van der Waals surface area contributed by atoms with E-state index in [-0.39, 0.29) is 54.9 Å². The first-order chi connectivity index (χ1) is 16.7. The fourth-order valence-corrected chi connectivity index (χ4v) is 5.19. The molecule has 2 rings (SSSR count). The van der Waals surface area contributed by atoms with Crippen LogP contribution in [-0.4, -0.2) is 67.8 Å². The van der Waals surface area contributed by atoms with Crippen LogP contribution in [0.2, 0.25) is 0 Å². The number of nitrogens with zero attached hydrogens (tertiary/aromatic N) is 1. The molecule has 0 aromatic carbocycles. The Morgan fingerprint density at radius 1 is 1.00 bits per heavy atom. The lowest BCUT2D eigenvalue weighted by atomic mass is 9.79. The lowest BCUT2D eigenvalue weighted by molar-refractivity contribution is -0.146. The second-order valence-corrected chi connectivity index (χ2v) is 9.28. The number of nitrogens with two attached hydrogens (primary N) is 3. The summed E-state index contributed by atoms with van der Waals surface area (Å²) in [5, 5.41) is 5.60. The molecule has 0 aliphatic heterocycles. The zero-order valence-corrected chi connectivity index (χ0v) is 20.9. The Bertz CT molecular complexity index is 717. The standard InChI is InChI=1S/C23H42N6O6/c1-3-33-17-9-15(10-18(11-17)34-4-2)19(12-21(31)35-26)29-20(30)13-27-22(32)14-6-5-7-16(8-14)28-23(24)25/h14-19H,3-13,26H2,1-2H3,(H,27,32)(H,29,30)(H4,24,25,28). The monoisotopic (exact) mass is 498 g/mol. The summed E-state index contributed by atoms with van der Waals surface area (Å²) < 4.78 is 11.7. The van der Waals surface area contributed by atoms with Gasteiger partial charge in [-0.2, -0.15) is 5.90 Å². The minimum Gasteiger partial charge on any atom is -0.378 e. The molecule has 0 heterocycles. The number of aliphatic imine (C=N–C) groups is 1. The van der Waals surface area contributed by atoms with Gasteiger partial charge in [-0.25, -0.2) is 0 Å². The lowest BCUT2D eigenvalue weighted by Gasteiger charge is -2.38. The fraction of sp³-hybridized carbons (Fsp3) is 0.826. The van der Waals surface area contributed by atoms with E-state index in [1.807, 2.05) is 13.8 Å². The number of guanidine groups is 1. The molecule has 2 aliphatic carbocycles. The van der Waals surface area contributed by atoms with Crippen molar-refractivity contribution in [3.8, 4) is 0 Å². The molecule has 35 heavy (non-hydrogen) atoms. The summed E-state index contributed by atoms with van der Waals surface area (Å²) >= 11 is 0. The van der Waals surface area contributed by atoms with Crippen molar-refractivity contribution in [2.45, 2.75) is 89.5 Å². The molecule has 0 spiro atoms. The van der Waals surface area contributed by atoms with Crippen LogP contribution >= 0.6 is 0 Å². The van der Waals surface area contributed by atoms with Crippen molar-refractivity contribution < 1.29 is 28.7 Å². The predicted octanol–water partition coefficient (Wildman–Crippen LogP) is -0.163. The number of nitrogens with one attached hydrogen (secondary N) is 2. The van der Waals surface area contributed by atoms with E-state index in [2.05, 4.69) is 20.5 Å². The maximum absolute atomic E-state index is 12.8. The number of hydrogen-bond donors (Lipinski definition) is 5. The summed E-state index contributed by atoms with van der Waals surface area (Å²) in [4.78, 5) is 45.9. The molecule has 200 valence electrons. The van der Waals surface area contributed by atoms with Gasteiger partial charge in [-0.05, 0) is 58.3 Å². The van der Waals surface area contributed by atoms with Crippen molar-refractivity contribution in [3.63, 3.8) is 0 Å². The van der Waals surface area contributed by atoms with E-state index in [1.165, 1.54) is 0 Å². The third-order valence-electron chi connectivity index (χ3n) is 6.67. The number of carbonyl (C=O) groups excluding carboxylic acids is 3. The molecular weight excluding hydrogens is 456 g/mol. The van der Waals surface area contributed by atoms with Crippen LogP contribution in [0.25, 0.3) is 0 Å². The second-order valence-electron chi connectivity index (χ2n) is 9.28. The number of rotatable bonds is 12. The largest absolute Gasteiger partial charge is 0.378 e. The summed E-state index contributed by atoms with van der Waals surface area (Å²) in [5.41, 5.74) is 10.9. The van der Waals surface area contributed by atoms with E-state index in [4.69, 9.17) is 26.8 Å². The van der Waals surface area contributed by atoms with Crippen molar-refractivity contribution in [3.05, 3.63) is 0 Å². The Kier molecular flexibility index (Phi) is 12.2. The van der Waals surface area contributed by atoms with Gasteiger partial charge in [0.1, 0.15) is 0 Å². The summed E-state index contributed by atoms with van der Waals surface area (Å²) in [6.07, 6.45) is 4.86. The summed E-state index contributed by atoms with van der Waals surface area (Å²) in [6.45, 7) is 4.79. The SMILES string of the molecule is CCOC1CC(OCC)CC(C(CC(=O)ON)NC(=O)CNC(=O)C2CCCC(N=C(N)N)C2)C1. The predicted molar refractivity (Wildman–Crippen MR) is 130 cm³/mol. The van der Waals surface area contributed by atoms with Crippen molar-refractivity contribution in [1.82, 2.24) is 10.6 Å². The Hall–Kier alpha value is -2.44. The maximum atomic E-state index is 12.8. The molecule has 12 heteroatoms. The van der Waals surface area contributed by atoms with Crippen molar-refractivity contribution in [1.29, 1.82) is 0 Å². The third kappa shape index (κ3) is 9.98. The van der Waals surface area contributed by atoms with Gasteiger partial charge >= 0.3 is 5.97 Å². The quantitative estimate of drug-likeness (QED) is 0.138. The van der Waals surface area contributed by atoms with Crippen LogP contribution < -0.4 is 28.0 Å². The smallest absolute Gasteiger partial charge is 0.326 e. The van der Waals surface area contributed by atoms with Crippen molar-refractivity contribution in [2.24, 2.45) is 34.2 Å². The first kappa shape index (κ1) is 28.8. The Morgan fingerprint density at radius 2 is 1.66 bits per heavy atom. The summed E-state index contributed by atoms with van der Waals surface area (Å²) in [6, 6.07) is -0.615. The van der Waals surface area contributed by atoms with Gasteiger partial charge < -0.3 is 36.4 Å². The van der Waals surface area contributed by atoms with Crippen LogP contribution in [0, 0.1) is 11.8 Å². The Labute approximate surface area is 207 Å². The minimum atomic E-state index is -0.626. The van der Waals surface area contributed by atoms with Gasteiger partial charge in [0.15, 0.2) is 5.96 Å². The Morgan fingerprint density at radius 3 is 2.23 bits per heavy atom. The molecule has 0 aromatic heterocycles. The molecule has 5 atom stereocenters. The topological polar surface area (TPSA) is 193 Å². The van der Waals surface area contributed by atoms with Crippen LogP contribution in [-0.2, 0) is 28.7 Å². The first-order valence-electron chi connectivity index (χ1n) is 12.5. The van der Waals surface area contributed by atoms with Crippen LogP contribution in [0.3, 0.4) is 0 Å². The van der Waals surface area contributed by atoms with Crippen molar-refractivity contribution >= 4 is 23.7 Å². The van der Waals surface area contributed by atoms with E-state index in [1.54, 1.807) is 0 Å². The molecule has 12 nitrogen and oxygen atoms in total. The second kappa shape index (κ2) is 14.8. The molecule has 8 N–H and O–H groups in total. The van der Waals surface area contributed by atoms with E-state index >= 15 is 0 Å². The van der Waals surface area contributed by atoms with Gasteiger partial charge in [0.05, 0.1) is 31.2 Å². The molecule has 0 saturated heterocycles. The highest BCUT2D eigenvalue weighted by atomic mass is 16.7. The molecule has 0 radical (unpaired) electrons. The van der Waals surface area contributed by atoms with Crippen LogP contribution in [0.5, 0.6) is 0 Å². The number of hydrogen-bond acceptors (Lipinski definition) is 8. The lowest BCUT2D eigenvalue weighted by Crippen LogP contribution is -2.50. The van der Waals surface area contributed by atoms with E-state index in [9.17, 15) is 14.4 Å². The highest BCUT2D eigenvalue weighted by molar-refractivity contribution is 5.86. The van der Waals surface area contributed by atoms with Gasteiger partial charge in [0.25, 0.3) is 0 Å². The van der Waals surface area contributed by atoms with Crippen LogP contribution in [0.15, 0.2) is 4.99 Å². The van der Waals surface area contributed by atoms with Gasteiger partial charge in [0.2, 0.25) is 11.8 Å². The van der Waals surface area contributed by atoms with Gasteiger partial charge in [0, 0.05) is 25.2 Å². The maximum Gasteiger partial charge on any atom is 0.326 e. The molecule has 0 aromatic rings. The zero-order chi connectivity index (χ0) is 25.8. The summed E-state index contributed by atoms with van der Waals surface area (Å²) in [5.74, 6) is 3.51. The van der Waals surface area contributed by atoms with E-state index < -0.39 is 17.9 Å². The Balaban J connectivity index is 1.96. The highest BCUT2D eigenvalue weighted by Crippen LogP contribution is 2.32. The molecule has 0 bridgehead atoms. The van der Waals surface area contributed by atoms with Crippen LogP contribution in [0.4, 0.5) is 0 Å².